The minimum absolute atomic E-state index is 0.0703. The molecule has 0 radical (unpaired) electrons. The summed E-state index contributed by atoms with van der Waals surface area (Å²) in [6.45, 7) is 1.37. The van der Waals surface area contributed by atoms with Crippen LogP contribution in [0.4, 0.5) is 0 Å². The van der Waals surface area contributed by atoms with Crippen molar-refractivity contribution in [1.82, 2.24) is 10.6 Å². The van der Waals surface area contributed by atoms with Crippen molar-refractivity contribution in [2.24, 2.45) is 0 Å². The number of aliphatic hydroxyl groups is 1. The van der Waals surface area contributed by atoms with E-state index >= 15 is 0 Å². The molecule has 1 aliphatic rings. The Bertz CT molecular complexity index is 150. The topological polar surface area (TPSA) is 61.4 Å². The second-order valence-electron chi connectivity index (χ2n) is 3.02. The van der Waals surface area contributed by atoms with E-state index in [1.165, 1.54) is 0 Å². The summed E-state index contributed by atoms with van der Waals surface area (Å²) in [5.74, 6) is 0.0703. The quantitative estimate of drug-likeness (QED) is 0.524. The molecule has 4 heteroatoms. The number of rotatable bonds is 3. The van der Waals surface area contributed by atoms with E-state index in [1.807, 2.05) is 0 Å². The molecule has 1 saturated heterocycles. The summed E-state index contributed by atoms with van der Waals surface area (Å²) in [4.78, 5) is 11.3. The molecule has 0 saturated carbocycles. The molecule has 12 heavy (non-hydrogen) atoms. The van der Waals surface area contributed by atoms with Gasteiger partial charge in [-0.15, -0.1) is 0 Å². The molecular formula is C8H16N2O2. The lowest BCUT2D eigenvalue weighted by Gasteiger charge is -2.13. The van der Waals surface area contributed by atoms with Gasteiger partial charge >= 0.3 is 0 Å². The molecule has 1 unspecified atom stereocenters. The molecule has 1 aliphatic heterocycles. The molecule has 0 aromatic heterocycles. The van der Waals surface area contributed by atoms with E-state index in [2.05, 4.69) is 10.6 Å². The highest BCUT2D eigenvalue weighted by molar-refractivity contribution is 5.81. The van der Waals surface area contributed by atoms with E-state index in [1.54, 1.807) is 0 Å². The first-order chi connectivity index (χ1) is 5.84. The number of hydrogen-bond acceptors (Lipinski definition) is 3. The van der Waals surface area contributed by atoms with Gasteiger partial charge in [-0.2, -0.15) is 0 Å². The average Bonchev–Trinajstić information content (AvgIpc) is 2.27. The first-order valence-corrected chi connectivity index (χ1v) is 4.46. The van der Waals surface area contributed by atoms with Crippen molar-refractivity contribution >= 4 is 5.91 Å². The van der Waals surface area contributed by atoms with Crippen molar-refractivity contribution in [2.75, 3.05) is 19.7 Å². The maximum absolute atomic E-state index is 11.3. The monoisotopic (exact) mass is 172 g/mol. The molecule has 1 heterocycles. The third kappa shape index (κ3) is 2.79. The first-order valence-electron chi connectivity index (χ1n) is 4.46. The van der Waals surface area contributed by atoms with Crippen LogP contribution in [-0.4, -0.2) is 36.8 Å². The zero-order valence-electron chi connectivity index (χ0n) is 7.18. The summed E-state index contributed by atoms with van der Waals surface area (Å²) < 4.78 is 0. The highest BCUT2D eigenvalue weighted by Gasteiger charge is 2.18. The van der Waals surface area contributed by atoms with Crippen LogP contribution in [0.25, 0.3) is 0 Å². The van der Waals surface area contributed by atoms with Gasteiger partial charge in [0.1, 0.15) is 0 Å². The average molecular weight is 172 g/mol. The van der Waals surface area contributed by atoms with E-state index in [-0.39, 0.29) is 18.6 Å². The van der Waals surface area contributed by atoms with Crippen molar-refractivity contribution in [3.05, 3.63) is 0 Å². The Morgan fingerprint density at radius 2 is 2.42 bits per heavy atom. The van der Waals surface area contributed by atoms with Gasteiger partial charge in [0.25, 0.3) is 0 Å². The molecule has 1 rings (SSSR count). The summed E-state index contributed by atoms with van der Waals surface area (Å²) >= 11 is 0. The predicted molar refractivity (Wildman–Crippen MR) is 45.7 cm³/mol. The summed E-state index contributed by atoms with van der Waals surface area (Å²) in [6, 6.07) is -0.0975. The maximum atomic E-state index is 11.3. The van der Waals surface area contributed by atoms with Crippen LogP contribution >= 0.6 is 0 Å². The summed E-state index contributed by atoms with van der Waals surface area (Å²) in [7, 11) is 0. The van der Waals surface area contributed by atoms with Gasteiger partial charge in [-0.1, -0.05) is 0 Å². The highest BCUT2D eigenvalue weighted by atomic mass is 16.3. The zero-order chi connectivity index (χ0) is 8.81. The molecule has 0 aliphatic carbocycles. The van der Waals surface area contributed by atoms with Crippen molar-refractivity contribution in [2.45, 2.75) is 25.3 Å². The van der Waals surface area contributed by atoms with Gasteiger partial charge in [-0.25, -0.2) is 0 Å². The second-order valence-corrected chi connectivity index (χ2v) is 3.02. The van der Waals surface area contributed by atoms with Gasteiger partial charge < -0.3 is 15.7 Å². The van der Waals surface area contributed by atoms with Crippen LogP contribution in [0.1, 0.15) is 19.3 Å². The molecular weight excluding hydrogens is 156 g/mol. The van der Waals surface area contributed by atoms with Crippen molar-refractivity contribution < 1.29 is 9.90 Å². The molecule has 1 atom stereocenters. The maximum Gasteiger partial charge on any atom is 0.237 e. The van der Waals surface area contributed by atoms with Gasteiger partial charge in [-0.05, 0) is 19.3 Å². The zero-order valence-corrected chi connectivity index (χ0v) is 7.18. The van der Waals surface area contributed by atoms with Crippen molar-refractivity contribution in [3.63, 3.8) is 0 Å². The minimum atomic E-state index is -0.0975. The molecule has 70 valence electrons. The van der Waals surface area contributed by atoms with E-state index in [0.717, 1.165) is 25.8 Å². The molecule has 1 fully saturated rings. The summed E-state index contributed by atoms with van der Waals surface area (Å²) in [6.07, 6.45) is 3.01. The second kappa shape index (κ2) is 5.11. The number of hydrogen-bond donors (Lipinski definition) is 3. The SMILES string of the molecule is O=C1NCCCCC1NCCO. The Kier molecular flexibility index (Phi) is 4.04. The minimum Gasteiger partial charge on any atom is -0.395 e. The summed E-state index contributed by atoms with van der Waals surface area (Å²) in [5, 5.41) is 14.4. The molecule has 0 aromatic rings. The molecule has 1 amide bonds. The van der Waals surface area contributed by atoms with E-state index in [4.69, 9.17) is 5.11 Å². The normalized spacial score (nSPS) is 24.8. The third-order valence-electron chi connectivity index (χ3n) is 2.04. The standard InChI is InChI=1S/C8H16N2O2/c11-6-5-9-7-3-1-2-4-10-8(7)12/h7,9,11H,1-6H2,(H,10,12). The fourth-order valence-electron chi connectivity index (χ4n) is 1.37. The predicted octanol–water partition coefficient (Wildman–Crippen LogP) is -0.763. The van der Waals surface area contributed by atoms with Crippen LogP contribution in [0.5, 0.6) is 0 Å². The van der Waals surface area contributed by atoms with Gasteiger partial charge in [0.05, 0.1) is 12.6 Å². The number of carbonyl (C=O) groups excluding carboxylic acids is 1. The first kappa shape index (κ1) is 9.48. The lowest BCUT2D eigenvalue weighted by atomic mass is 10.1. The third-order valence-corrected chi connectivity index (χ3v) is 2.04. The summed E-state index contributed by atoms with van der Waals surface area (Å²) in [5.41, 5.74) is 0. The van der Waals surface area contributed by atoms with Gasteiger partial charge in [0.2, 0.25) is 5.91 Å². The molecule has 3 N–H and O–H groups in total. The Hall–Kier alpha value is -0.610. The van der Waals surface area contributed by atoms with Crippen LogP contribution in [0.2, 0.25) is 0 Å². The molecule has 4 nitrogen and oxygen atoms in total. The van der Waals surface area contributed by atoms with E-state index in [9.17, 15) is 4.79 Å². The highest BCUT2D eigenvalue weighted by Crippen LogP contribution is 2.04. The van der Waals surface area contributed by atoms with E-state index in [0.29, 0.717) is 6.54 Å². The fourth-order valence-corrected chi connectivity index (χ4v) is 1.37. The number of carbonyl (C=O) groups is 1. The van der Waals surface area contributed by atoms with Crippen LogP contribution in [-0.2, 0) is 4.79 Å². The lowest BCUT2D eigenvalue weighted by molar-refractivity contribution is -0.122. The van der Waals surface area contributed by atoms with Crippen molar-refractivity contribution in [1.29, 1.82) is 0 Å². The number of aliphatic hydroxyl groups excluding tert-OH is 1. The fraction of sp³-hybridized carbons (Fsp3) is 0.875. The number of nitrogens with one attached hydrogen (secondary N) is 2. The van der Waals surface area contributed by atoms with Gasteiger partial charge in [-0.3, -0.25) is 4.79 Å². The Labute approximate surface area is 72.3 Å². The van der Waals surface area contributed by atoms with Crippen LogP contribution in [0.15, 0.2) is 0 Å². The smallest absolute Gasteiger partial charge is 0.237 e. The molecule has 0 aromatic carbocycles. The van der Waals surface area contributed by atoms with Gasteiger partial charge in [0, 0.05) is 13.1 Å². The van der Waals surface area contributed by atoms with Crippen molar-refractivity contribution in [3.8, 4) is 0 Å². The van der Waals surface area contributed by atoms with Crippen LogP contribution < -0.4 is 10.6 Å². The van der Waals surface area contributed by atoms with Gasteiger partial charge in [0.15, 0.2) is 0 Å². The Morgan fingerprint density at radius 3 is 3.17 bits per heavy atom. The van der Waals surface area contributed by atoms with E-state index < -0.39 is 0 Å². The molecule has 0 bridgehead atoms. The Balaban J connectivity index is 2.31. The molecule has 0 spiro atoms. The Morgan fingerprint density at radius 1 is 1.58 bits per heavy atom. The lowest BCUT2D eigenvalue weighted by Crippen LogP contribution is -2.43. The van der Waals surface area contributed by atoms with Crippen LogP contribution in [0, 0.1) is 0 Å². The van der Waals surface area contributed by atoms with Crippen LogP contribution in [0.3, 0.4) is 0 Å². The largest absolute Gasteiger partial charge is 0.395 e. The number of amides is 1.